The lowest BCUT2D eigenvalue weighted by molar-refractivity contribution is 0.185. The molecule has 1 aromatic carbocycles. The number of nitrogens with one attached hydrogen (secondary N) is 1. The number of benzene rings is 1. The third kappa shape index (κ3) is 5.44. The van der Waals surface area contributed by atoms with Crippen LogP contribution in [0, 0.1) is 12.8 Å². The molecule has 0 saturated heterocycles. The summed E-state index contributed by atoms with van der Waals surface area (Å²) >= 11 is 0. The van der Waals surface area contributed by atoms with Gasteiger partial charge < -0.3 is 10.2 Å². The highest BCUT2D eigenvalue weighted by Crippen LogP contribution is 2.25. The molecule has 118 valence electrons. The minimum absolute atomic E-state index is 0.735. The van der Waals surface area contributed by atoms with Crippen LogP contribution in [0.5, 0.6) is 0 Å². The Morgan fingerprint density at radius 1 is 1.14 bits per heavy atom. The highest BCUT2D eigenvalue weighted by atomic mass is 15.1. The van der Waals surface area contributed by atoms with Gasteiger partial charge in [0.15, 0.2) is 0 Å². The lowest BCUT2D eigenvalue weighted by Crippen LogP contribution is -2.43. The third-order valence-electron chi connectivity index (χ3n) is 4.68. The van der Waals surface area contributed by atoms with Crippen molar-refractivity contribution in [2.24, 2.45) is 5.92 Å². The average Bonchev–Trinajstić information content (AvgIpc) is 2.49. The van der Waals surface area contributed by atoms with Crippen LogP contribution in [0.15, 0.2) is 24.3 Å². The molecule has 0 bridgehead atoms. The van der Waals surface area contributed by atoms with Crippen molar-refractivity contribution in [3.63, 3.8) is 0 Å². The molecular formula is C19H32N2. The van der Waals surface area contributed by atoms with E-state index < -0.39 is 0 Å². The largest absolute Gasteiger partial charge is 0.314 e. The van der Waals surface area contributed by atoms with Gasteiger partial charge in [-0.2, -0.15) is 0 Å². The summed E-state index contributed by atoms with van der Waals surface area (Å²) in [5.41, 5.74) is 2.77. The van der Waals surface area contributed by atoms with E-state index in [0.717, 1.165) is 18.5 Å². The zero-order valence-corrected chi connectivity index (χ0v) is 14.1. The van der Waals surface area contributed by atoms with E-state index in [4.69, 9.17) is 0 Å². The topological polar surface area (TPSA) is 15.3 Å². The maximum atomic E-state index is 3.77. The molecule has 1 aromatic rings. The molecule has 2 atom stereocenters. The van der Waals surface area contributed by atoms with Crippen LogP contribution in [0.3, 0.4) is 0 Å². The number of aryl methyl sites for hydroxylation is 1. The molecule has 1 aliphatic rings. The van der Waals surface area contributed by atoms with E-state index in [0.29, 0.717) is 0 Å². The van der Waals surface area contributed by atoms with Crippen LogP contribution in [-0.4, -0.2) is 31.1 Å². The predicted octanol–water partition coefficient (Wildman–Crippen LogP) is 3.99. The highest BCUT2D eigenvalue weighted by molar-refractivity contribution is 5.21. The Bertz CT molecular complexity index is 399. The molecule has 2 unspecified atom stereocenters. The predicted molar refractivity (Wildman–Crippen MR) is 91.6 cm³/mol. The molecule has 1 aliphatic carbocycles. The van der Waals surface area contributed by atoms with Crippen LogP contribution in [0.2, 0.25) is 0 Å². The Labute approximate surface area is 130 Å². The summed E-state index contributed by atoms with van der Waals surface area (Å²) in [7, 11) is 2.27. The molecule has 0 heterocycles. The van der Waals surface area contributed by atoms with E-state index in [2.05, 4.69) is 55.4 Å². The summed E-state index contributed by atoms with van der Waals surface area (Å²) in [5.74, 6) is 0.820. The molecular weight excluding hydrogens is 256 g/mol. The van der Waals surface area contributed by atoms with Crippen LogP contribution in [0.4, 0.5) is 0 Å². The van der Waals surface area contributed by atoms with Crippen molar-refractivity contribution < 1.29 is 0 Å². The molecule has 21 heavy (non-hydrogen) atoms. The fourth-order valence-corrected chi connectivity index (χ4v) is 3.49. The van der Waals surface area contributed by atoms with Crippen molar-refractivity contribution in [1.82, 2.24) is 10.2 Å². The van der Waals surface area contributed by atoms with Gasteiger partial charge >= 0.3 is 0 Å². The Balaban J connectivity index is 1.84. The average molecular weight is 288 g/mol. The Kier molecular flexibility index (Phi) is 6.72. The van der Waals surface area contributed by atoms with Crippen molar-refractivity contribution in [3.05, 3.63) is 35.4 Å². The fraction of sp³-hybridized carbons (Fsp3) is 0.684. The van der Waals surface area contributed by atoms with Crippen molar-refractivity contribution in [3.8, 4) is 0 Å². The molecule has 1 fully saturated rings. The Hall–Kier alpha value is -0.860. The normalized spacial score (nSPS) is 22.7. The van der Waals surface area contributed by atoms with E-state index >= 15 is 0 Å². The molecule has 2 heteroatoms. The van der Waals surface area contributed by atoms with Gasteiger partial charge in [0.2, 0.25) is 0 Å². The minimum Gasteiger partial charge on any atom is -0.314 e. The van der Waals surface area contributed by atoms with Crippen molar-refractivity contribution in [2.45, 2.75) is 58.5 Å². The lowest BCUT2D eigenvalue weighted by atomic mass is 9.84. The summed E-state index contributed by atoms with van der Waals surface area (Å²) in [5, 5.41) is 3.77. The van der Waals surface area contributed by atoms with Gasteiger partial charge in [0.25, 0.3) is 0 Å². The first-order valence-corrected chi connectivity index (χ1v) is 8.66. The smallest absolute Gasteiger partial charge is 0.0230 e. The molecule has 0 aromatic heterocycles. The van der Waals surface area contributed by atoms with Gasteiger partial charge in [-0.05, 0) is 51.3 Å². The standard InChI is InChI=1S/C19H32N2/c1-4-13-20-19-8-6-5-7-18(19)15-21(3)14-17-11-9-16(2)10-12-17/h9-12,18-20H,4-8,13-15H2,1-3H3. The van der Waals surface area contributed by atoms with E-state index in [1.54, 1.807) is 0 Å². The Morgan fingerprint density at radius 2 is 1.86 bits per heavy atom. The first-order valence-electron chi connectivity index (χ1n) is 8.66. The molecule has 2 rings (SSSR count). The summed E-state index contributed by atoms with van der Waals surface area (Å²) in [4.78, 5) is 2.50. The zero-order chi connectivity index (χ0) is 15.1. The second-order valence-corrected chi connectivity index (χ2v) is 6.79. The SMILES string of the molecule is CCCNC1CCCCC1CN(C)Cc1ccc(C)cc1. The number of hydrogen-bond acceptors (Lipinski definition) is 2. The molecule has 0 aliphatic heterocycles. The first-order chi connectivity index (χ1) is 10.2. The van der Waals surface area contributed by atoms with E-state index in [-0.39, 0.29) is 0 Å². The highest BCUT2D eigenvalue weighted by Gasteiger charge is 2.25. The van der Waals surface area contributed by atoms with Crippen LogP contribution in [0.1, 0.15) is 50.2 Å². The quantitative estimate of drug-likeness (QED) is 0.816. The number of rotatable bonds is 7. The van der Waals surface area contributed by atoms with E-state index in [9.17, 15) is 0 Å². The molecule has 0 amide bonds. The van der Waals surface area contributed by atoms with Gasteiger partial charge in [0.05, 0.1) is 0 Å². The zero-order valence-electron chi connectivity index (χ0n) is 14.1. The minimum atomic E-state index is 0.735. The van der Waals surface area contributed by atoms with Gasteiger partial charge in [-0.3, -0.25) is 0 Å². The number of hydrogen-bond donors (Lipinski definition) is 1. The maximum Gasteiger partial charge on any atom is 0.0230 e. The van der Waals surface area contributed by atoms with Crippen LogP contribution in [0.25, 0.3) is 0 Å². The Morgan fingerprint density at radius 3 is 2.57 bits per heavy atom. The second kappa shape index (κ2) is 8.55. The summed E-state index contributed by atoms with van der Waals surface area (Å²) in [6.45, 7) is 7.86. The summed E-state index contributed by atoms with van der Waals surface area (Å²) in [6, 6.07) is 9.70. The van der Waals surface area contributed by atoms with Gasteiger partial charge in [0, 0.05) is 19.1 Å². The molecule has 1 saturated carbocycles. The van der Waals surface area contributed by atoms with E-state index in [1.807, 2.05) is 0 Å². The van der Waals surface area contributed by atoms with Gasteiger partial charge in [-0.25, -0.2) is 0 Å². The van der Waals surface area contributed by atoms with Crippen molar-refractivity contribution >= 4 is 0 Å². The van der Waals surface area contributed by atoms with Crippen LogP contribution >= 0.6 is 0 Å². The maximum absolute atomic E-state index is 3.77. The summed E-state index contributed by atoms with van der Waals surface area (Å²) < 4.78 is 0. The van der Waals surface area contributed by atoms with Crippen molar-refractivity contribution in [2.75, 3.05) is 20.1 Å². The van der Waals surface area contributed by atoms with E-state index in [1.165, 1.54) is 56.3 Å². The third-order valence-corrected chi connectivity index (χ3v) is 4.68. The van der Waals surface area contributed by atoms with Crippen LogP contribution < -0.4 is 5.32 Å². The van der Waals surface area contributed by atoms with Gasteiger partial charge in [-0.15, -0.1) is 0 Å². The monoisotopic (exact) mass is 288 g/mol. The van der Waals surface area contributed by atoms with Crippen LogP contribution in [-0.2, 0) is 6.54 Å². The molecule has 0 spiro atoms. The molecule has 1 N–H and O–H groups in total. The lowest BCUT2D eigenvalue weighted by Gasteiger charge is -2.35. The second-order valence-electron chi connectivity index (χ2n) is 6.79. The molecule has 0 radical (unpaired) electrons. The van der Waals surface area contributed by atoms with Gasteiger partial charge in [-0.1, -0.05) is 49.6 Å². The number of nitrogens with zero attached hydrogens (tertiary/aromatic N) is 1. The summed E-state index contributed by atoms with van der Waals surface area (Å²) in [6.07, 6.45) is 6.80. The fourth-order valence-electron chi connectivity index (χ4n) is 3.49. The van der Waals surface area contributed by atoms with Gasteiger partial charge in [0.1, 0.15) is 0 Å². The first kappa shape index (κ1) is 16.5. The van der Waals surface area contributed by atoms with Crippen molar-refractivity contribution in [1.29, 1.82) is 0 Å². The molecule has 2 nitrogen and oxygen atoms in total.